The second-order valence-corrected chi connectivity index (χ2v) is 4.44. The van der Waals surface area contributed by atoms with Gasteiger partial charge in [-0.25, -0.2) is 4.39 Å². The fourth-order valence-corrected chi connectivity index (χ4v) is 1.74. The smallest absolute Gasteiger partial charge is 0.303 e. The summed E-state index contributed by atoms with van der Waals surface area (Å²) in [6.07, 6.45) is 7.80. The molecule has 96 valence electrons. The predicted molar refractivity (Wildman–Crippen MR) is 64.4 cm³/mol. The van der Waals surface area contributed by atoms with Gasteiger partial charge in [0.25, 0.3) is 0 Å². The minimum Gasteiger partial charge on any atom is -0.481 e. The molecule has 0 aromatic carbocycles. The standard InChI is InChI=1S/C13H25FO2/c1-2-3-9-12(14)10-7-5-4-6-8-11-13(15)16/h12H,2-11H2,1H3,(H,15,16). The highest BCUT2D eigenvalue weighted by molar-refractivity contribution is 5.66. The van der Waals surface area contributed by atoms with Gasteiger partial charge in [0.15, 0.2) is 0 Å². The molecule has 0 radical (unpaired) electrons. The maximum Gasteiger partial charge on any atom is 0.303 e. The first-order valence-corrected chi connectivity index (χ1v) is 6.52. The van der Waals surface area contributed by atoms with Crippen LogP contribution in [0, 0.1) is 0 Å². The first-order valence-electron chi connectivity index (χ1n) is 6.52. The average molecular weight is 232 g/mol. The molecule has 0 aliphatic rings. The number of hydrogen-bond acceptors (Lipinski definition) is 1. The molecule has 1 atom stereocenters. The van der Waals surface area contributed by atoms with Crippen LogP contribution in [0.5, 0.6) is 0 Å². The molecule has 0 saturated heterocycles. The number of alkyl halides is 1. The lowest BCUT2D eigenvalue weighted by molar-refractivity contribution is -0.137. The zero-order chi connectivity index (χ0) is 12.2. The number of rotatable bonds is 11. The summed E-state index contributed by atoms with van der Waals surface area (Å²) < 4.78 is 13.2. The number of unbranched alkanes of at least 4 members (excludes halogenated alkanes) is 5. The molecule has 0 spiro atoms. The predicted octanol–water partition coefficient (Wildman–Crippen LogP) is 4.33. The van der Waals surface area contributed by atoms with Crippen LogP contribution in [-0.2, 0) is 4.79 Å². The highest BCUT2D eigenvalue weighted by Gasteiger charge is 2.04. The molecule has 0 aromatic heterocycles. The molecule has 0 bridgehead atoms. The first-order chi connectivity index (χ1) is 7.66. The molecule has 3 heteroatoms. The normalized spacial score (nSPS) is 12.6. The maximum absolute atomic E-state index is 13.2. The van der Waals surface area contributed by atoms with Gasteiger partial charge in [0.1, 0.15) is 6.17 Å². The van der Waals surface area contributed by atoms with Crippen LogP contribution in [0.25, 0.3) is 0 Å². The second kappa shape index (κ2) is 10.9. The van der Waals surface area contributed by atoms with Crippen LogP contribution in [0.1, 0.15) is 71.1 Å². The van der Waals surface area contributed by atoms with Gasteiger partial charge < -0.3 is 5.11 Å². The zero-order valence-electron chi connectivity index (χ0n) is 10.4. The van der Waals surface area contributed by atoms with Crippen molar-refractivity contribution in [1.82, 2.24) is 0 Å². The summed E-state index contributed by atoms with van der Waals surface area (Å²) in [7, 11) is 0. The van der Waals surface area contributed by atoms with Crippen molar-refractivity contribution in [2.45, 2.75) is 77.3 Å². The van der Waals surface area contributed by atoms with Crippen molar-refractivity contribution in [3.8, 4) is 0 Å². The lowest BCUT2D eigenvalue weighted by atomic mass is 10.0. The van der Waals surface area contributed by atoms with Crippen molar-refractivity contribution >= 4 is 5.97 Å². The van der Waals surface area contributed by atoms with E-state index in [9.17, 15) is 9.18 Å². The molecular weight excluding hydrogens is 207 g/mol. The third-order valence-electron chi connectivity index (χ3n) is 2.78. The van der Waals surface area contributed by atoms with Crippen LogP contribution in [0.4, 0.5) is 4.39 Å². The Bertz CT molecular complexity index is 171. The average Bonchev–Trinajstić information content (AvgIpc) is 2.24. The largest absolute Gasteiger partial charge is 0.481 e. The Morgan fingerprint density at radius 3 is 2.25 bits per heavy atom. The highest BCUT2D eigenvalue weighted by Crippen LogP contribution is 2.14. The quantitative estimate of drug-likeness (QED) is 0.538. The summed E-state index contributed by atoms with van der Waals surface area (Å²) in [6.45, 7) is 2.08. The number of halogens is 1. The van der Waals surface area contributed by atoms with E-state index in [1.807, 2.05) is 0 Å². The van der Waals surface area contributed by atoms with Gasteiger partial charge in [-0.05, 0) is 19.3 Å². The Labute approximate surface area is 98.2 Å². The Morgan fingerprint density at radius 1 is 1.06 bits per heavy atom. The first kappa shape index (κ1) is 15.4. The molecule has 1 unspecified atom stereocenters. The SMILES string of the molecule is CCCCC(F)CCCCCCCC(=O)O. The van der Waals surface area contributed by atoms with Crippen LogP contribution in [-0.4, -0.2) is 17.2 Å². The molecule has 0 aromatic rings. The monoisotopic (exact) mass is 232 g/mol. The Morgan fingerprint density at radius 2 is 1.62 bits per heavy atom. The van der Waals surface area contributed by atoms with E-state index in [1.54, 1.807) is 0 Å². The summed E-state index contributed by atoms with van der Waals surface area (Å²) >= 11 is 0. The fourth-order valence-electron chi connectivity index (χ4n) is 1.74. The second-order valence-electron chi connectivity index (χ2n) is 4.44. The topological polar surface area (TPSA) is 37.3 Å². The van der Waals surface area contributed by atoms with Gasteiger partial charge in [-0.15, -0.1) is 0 Å². The minimum atomic E-state index is -0.719. The summed E-state index contributed by atoms with van der Waals surface area (Å²) in [5, 5.41) is 8.42. The Balaban J connectivity index is 3.11. The molecule has 0 saturated carbocycles. The molecule has 0 heterocycles. The van der Waals surface area contributed by atoms with Crippen molar-refractivity contribution in [1.29, 1.82) is 0 Å². The van der Waals surface area contributed by atoms with Crippen molar-refractivity contribution < 1.29 is 14.3 Å². The number of aliphatic carboxylic acids is 1. The number of carboxylic acids is 1. The van der Waals surface area contributed by atoms with Crippen molar-refractivity contribution in [2.75, 3.05) is 0 Å². The van der Waals surface area contributed by atoms with E-state index in [4.69, 9.17) is 5.11 Å². The number of carboxylic acid groups (broad SMARTS) is 1. The van der Waals surface area contributed by atoms with Gasteiger partial charge >= 0.3 is 5.97 Å². The van der Waals surface area contributed by atoms with Crippen LogP contribution in [0.2, 0.25) is 0 Å². The van der Waals surface area contributed by atoms with Gasteiger partial charge in [-0.1, -0.05) is 45.4 Å². The van der Waals surface area contributed by atoms with Crippen LogP contribution >= 0.6 is 0 Å². The van der Waals surface area contributed by atoms with Crippen molar-refractivity contribution in [3.05, 3.63) is 0 Å². The Kier molecular flexibility index (Phi) is 10.5. The van der Waals surface area contributed by atoms with Gasteiger partial charge in [0.2, 0.25) is 0 Å². The van der Waals surface area contributed by atoms with Gasteiger partial charge in [-0.3, -0.25) is 4.79 Å². The molecule has 16 heavy (non-hydrogen) atoms. The summed E-state index contributed by atoms with van der Waals surface area (Å²) in [5.41, 5.74) is 0. The summed E-state index contributed by atoms with van der Waals surface area (Å²) in [6, 6.07) is 0. The van der Waals surface area contributed by atoms with E-state index in [1.165, 1.54) is 0 Å². The van der Waals surface area contributed by atoms with E-state index >= 15 is 0 Å². The third kappa shape index (κ3) is 11.5. The molecule has 1 N–H and O–H groups in total. The molecule has 0 rings (SSSR count). The Hall–Kier alpha value is -0.600. The zero-order valence-corrected chi connectivity index (χ0v) is 10.4. The lowest BCUT2D eigenvalue weighted by Gasteiger charge is -2.06. The number of hydrogen-bond donors (Lipinski definition) is 1. The molecular formula is C13H25FO2. The lowest BCUT2D eigenvalue weighted by Crippen LogP contribution is -1.99. The fraction of sp³-hybridized carbons (Fsp3) is 0.923. The third-order valence-corrected chi connectivity index (χ3v) is 2.78. The van der Waals surface area contributed by atoms with E-state index in [0.29, 0.717) is 12.8 Å². The van der Waals surface area contributed by atoms with Gasteiger partial charge in [0.05, 0.1) is 0 Å². The van der Waals surface area contributed by atoms with E-state index in [2.05, 4.69) is 6.92 Å². The minimum absolute atomic E-state index is 0.266. The molecule has 0 fully saturated rings. The highest BCUT2D eigenvalue weighted by atomic mass is 19.1. The molecule has 0 aliphatic heterocycles. The molecule has 2 nitrogen and oxygen atoms in total. The summed E-state index contributed by atoms with van der Waals surface area (Å²) in [5.74, 6) is -0.719. The van der Waals surface area contributed by atoms with E-state index in [0.717, 1.165) is 44.9 Å². The van der Waals surface area contributed by atoms with Gasteiger partial charge in [-0.2, -0.15) is 0 Å². The van der Waals surface area contributed by atoms with Crippen molar-refractivity contribution in [2.24, 2.45) is 0 Å². The van der Waals surface area contributed by atoms with Crippen LogP contribution in [0.15, 0.2) is 0 Å². The van der Waals surface area contributed by atoms with Gasteiger partial charge in [0, 0.05) is 6.42 Å². The molecule has 0 amide bonds. The van der Waals surface area contributed by atoms with Crippen LogP contribution < -0.4 is 0 Å². The van der Waals surface area contributed by atoms with E-state index < -0.39 is 12.1 Å². The van der Waals surface area contributed by atoms with Crippen LogP contribution in [0.3, 0.4) is 0 Å². The van der Waals surface area contributed by atoms with E-state index in [-0.39, 0.29) is 6.42 Å². The summed E-state index contributed by atoms with van der Waals surface area (Å²) in [4.78, 5) is 10.2. The maximum atomic E-state index is 13.2. The van der Waals surface area contributed by atoms with Crippen molar-refractivity contribution in [3.63, 3.8) is 0 Å². The molecule has 0 aliphatic carbocycles. The number of carbonyl (C=O) groups is 1.